The van der Waals surface area contributed by atoms with Gasteiger partial charge in [-0.05, 0) is 23.6 Å². The molecule has 0 N–H and O–H groups in total. The van der Waals surface area contributed by atoms with Crippen LogP contribution in [0.3, 0.4) is 0 Å². The third kappa shape index (κ3) is 4.06. The largest absolute Gasteiger partial charge is 0.340 e. The van der Waals surface area contributed by atoms with Gasteiger partial charge >= 0.3 is 0 Å². The predicted octanol–water partition coefficient (Wildman–Crippen LogP) is 2.53. The zero-order valence-corrected chi connectivity index (χ0v) is 15.7. The minimum Gasteiger partial charge on any atom is -0.340 e. The van der Waals surface area contributed by atoms with Gasteiger partial charge in [-0.1, -0.05) is 31.2 Å². The quantitative estimate of drug-likeness (QED) is 0.483. The molecule has 0 atom stereocenters. The van der Waals surface area contributed by atoms with E-state index in [1.54, 1.807) is 7.05 Å². The van der Waals surface area contributed by atoms with E-state index < -0.39 is 10.5 Å². The molecule has 0 radical (unpaired) electrons. The Labute approximate surface area is 161 Å². The van der Waals surface area contributed by atoms with Crippen LogP contribution in [0.15, 0.2) is 53.6 Å². The molecular formula is C20H20N4O4. The molecule has 8 nitrogen and oxygen atoms in total. The number of hydrogen-bond donors (Lipinski definition) is 0. The topological polar surface area (TPSA) is 98.3 Å². The highest BCUT2D eigenvalue weighted by Gasteiger charge is 2.15. The van der Waals surface area contributed by atoms with E-state index in [0.29, 0.717) is 12.1 Å². The van der Waals surface area contributed by atoms with Crippen LogP contribution in [0, 0.1) is 10.1 Å². The van der Waals surface area contributed by atoms with Crippen molar-refractivity contribution in [2.24, 2.45) is 0 Å². The maximum atomic E-state index is 12.6. The second-order valence-corrected chi connectivity index (χ2v) is 6.56. The summed E-state index contributed by atoms with van der Waals surface area (Å²) in [5, 5.41) is 11.1. The maximum absolute atomic E-state index is 12.6. The SMILES string of the molecule is CCc1ccc(CN(C)C(=O)Cn2cnc3ccc([N+](=O)[O-])cc3c2=O)cc1. The van der Waals surface area contributed by atoms with Crippen LogP contribution in [0.5, 0.6) is 0 Å². The summed E-state index contributed by atoms with van der Waals surface area (Å²) in [7, 11) is 1.67. The number of hydrogen-bond acceptors (Lipinski definition) is 5. The van der Waals surface area contributed by atoms with Crippen molar-refractivity contribution in [2.45, 2.75) is 26.4 Å². The molecule has 0 aliphatic heterocycles. The van der Waals surface area contributed by atoms with Crippen molar-refractivity contribution in [3.8, 4) is 0 Å². The summed E-state index contributed by atoms with van der Waals surface area (Å²) in [4.78, 5) is 41.2. The van der Waals surface area contributed by atoms with Crippen LogP contribution in [0.1, 0.15) is 18.1 Å². The van der Waals surface area contributed by atoms with Gasteiger partial charge in [-0.2, -0.15) is 0 Å². The lowest BCUT2D eigenvalue weighted by Gasteiger charge is -2.18. The van der Waals surface area contributed by atoms with Crippen molar-refractivity contribution in [3.05, 3.63) is 80.4 Å². The zero-order chi connectivity index (χ0) is 20.3. The Morgan fingerprint density at radius 1 is 1.18 bits per heavy atom. The third-order valence-electron chi connectivity index (χ3n) is 4.60. The van der Waals surface area contributed by atoms with E-state index >= 15 is 0 Å². The van der Waals surface area contributed by atoms with Gasteiger partial charge in [0.15, 0.2) is 0 Å². The van der Waals surface area contributed by atoms with Gasteiger partial charge in [-0.3, -0.25) is 24.3 Å². The summed E-state index contributed by atoms with van der Waals surface area (Å²) >= 11 is 0. The second-order valence-electron chi connectivity index (χ2n) is 6.56. The van der Waals surface area contributed by atoms with Crippen LogP contribution < -0.4 is 5.56 Å². The number of aromatic nitrogens is 2. The van der Waals surface area contributed by atoms with Gasteiger partial charge in [0.25, 0.3) is 11.2 Å². The average Bonchev–Trinajstić information content (AvgIpc) is 2.70. The molecule has 0 unspecified atom stereocenters. The predicted molar refractivity (Wildman–Crippen MR) is 105 cm³/mol. The summed E-state index contributed by atoms with van der Waals surface area (Å²) in [6, 6.07) is 11.9. The van der Waals surface area contributed by atoms with Gasteiger partial charge in [-0.15, -0.1) is 0 Å². The fourth-order valence-electron chi connectivity index (χ4n) is 2.88. The normalized spacial score (nSPS) is 10.8. The Morgan fingerprint density at radius 2 is 1.86 bits per heavy atom. The second kappa shape index (κ2) is 7.99. The first-order valence-corrected chi connectivity index (χ1v) is 8.84. The number of carbonyl (C=O) groups is 1. The lowest BCUT2D eigenvalue weighted by Crippen LogP contribution is -2.33. The molecule has 0 spiro atoms. The summed E-state index contributed by atoms with van der Waals surface area (Å²) in [5.74, 6) is -0.256. The molecule has 1 aromatic heterocycles. The fraction of sp³-hybridized carbons (Fsp3) is 0.250. The fourth-order valence-corrected chi connectivity index (χ4v) is 2.88. The van der Waals surface area contributed by atoms with Gasteiger partial charge < -0.3 is 4.90 Å². The number of amides is 1. The number of benzene rings is 2. The van der Waals surface area contributed by atoms with Crippen LogP contribution in [-0.4, -0.2) is 32.3 Å². The lowest BCUT2D eigenvalue weighted by atomic mass is 10.1. The molecule has 0 saturated heterocycles. The van der Waals surface area contributed by atoms with Crippen molar-refractivity contribution >= 4 is 22.5 Å². The summed E-state index contributed by atoms with van der Waals surface area (Å²) in [5.41, 5.74) is 1.89. The number of carbonyl (C=O) groups excluding carboxylic acids is 1. The van der Waals surface area contributed by atoms with E-state index in [4.69, 9.17) is 0 Å². The van der Waals surface area contributed by atoms with Gasteiger partial charge in [0, 0.05) is 25.7 Å². The van der Waals surface area contributed by atoms with E-state index in [1.165, 1.54) is 39.6 Å². The van der Waals surface area contributed by atoms with Gasteiger partial charge in [0.05, 0.1) is 22.2 Å². The van der Waals surface area contributed by atoms with Crippen LogP contribution in [0.4, 0.5) is 5.69 Å². The first-order valence-electron chi connectivity index (χ1n) is 8.84. The molecular weight excluding hydrogens is 360 g/mol. The van der Waals surface area contributed by atoms with Gasteiger partial charge in [0.2, 0.25) is 5.91 Å². The lowest BCUT2D eigenvalue weighted by molar-refractivity contribution is -0.384. The van der Waals surface area contributed by atoms with Crippen LogP contribution in [0.2, 0.25) is 0 Å². The minimum absolute atomic E-state index is 0.113. The number of likely N-dealkylation sites (N-methyl/N-ethyl adjacent to an activating group) is 1. The van der Waals surface area contributed by atoms with Crippen molar-refractivity contribution in [2.75, 3.05) is 7.05 Å². The highest BCUT2D eigenvalue weighted by atomic mass is 16.6. The number of nitro groups is 1. The molecule has 1 heterocycles. The molecule has 8 heteroatoms. The monoisotopic (exact) mass is 380 g/mol. The number of non-ortho nitro benzene ring substituents is 1. The van der Waals surface area contributed by atoms with Crippen LogP contribution in [0.25, 0.3) is 10.9 Å². The molecule has 28 heavy (non-hydrogen) atoms. The highest BCUT2D eigenvalue weighted by Crippen LogP contribution is 2.16. The van der Waals surface area contributed by atoms with E-state index in [-0.39, 0.29) is 23.5 Å². The molecule has 144 valence electrons. The van der Waals surface area contributed by atoms with E-state index in [0.717, 1.165) is 12.0 Å². The molecule has 0 aliphatic rings. The third-order valence-corrected chi connectivity index (χ3v) is 4.60. The summed E-state index contributed by atoms with van der Waals surface area (Å²) < 4.78 is 1.17. The van der Waals surface area contributed by atoms with Crippen molar-refractivity contribution in [1.29, 1.82) is 0 Å². The molecule has 0 aliphatic carbocycles. The zero-order valence-electron chi connectivity index (χ0n) is 15.7. The first-order chi connectivity index (χ1) is 13.4. The molecule has 1 amide bonds. The van der Waals surface area contributed by atoms with Gasteiger partial charge in [0.1, 0.15) is 6.54 Å². The highest BCUT2D eigenvalue weighted by molar-refractivity contribution is 5.80. The van der Waals surface area contributed by atoms with E-state index in [1.807, 2.05) is 24.3 Å². The Hall–Kier alpha value is -3.55. The molecule has 0 saturated carbocycles. The maximum Gasteiger partial charge on any atom is 0.270 e. The molecule has 0 bridgehead atoms. The Bertz CT molecular complexity index is 1090. The number of nitro benzene ring substituents is 1. The molecule has 3 aromatic rings. The summed E-state index contributed by atoms with van der Waals surface area (Å²) in [6.07, 6.45) is 2.24. The van der Waals surface area contributed by atoms with Gasteiger partial charge in [-0.25, -0.2) is 4.98 Å². The number of rotatable bonds is 6. The minimum atomic E-state index is -0.570. The Kier molecular flexibility index (Phi) is 5.49. The van der Waals surface area contributed by atoms with Crippen LogP contribution in [-0.2, 0) is 24.3 Å². The molecule has 3 rings (SSSR count). The average molecular weight is 380 g/mol. The smallest absolute Gasteiger partial charge is 0.270 e. The van der Waals surface area contributed by atoms with Crippen molar-refractivity contribution in [3.63, 3.8) is 0 Å². The number of nitrogens with zero attached hydrogens (tertiary/aromatic N) is 4. The van der Waals surface area contributed by atoms with E-state index in [9.17, 15) is 19.7 Å². The number of aryl methyl sites for hydroxylation is 1. The number of fused-ring (bicyclic) bond motifs is 1. The Balaban J connectivity index is 1.78. The van der Waals surface area contributed by atoms with E-state index in [2.05, 4.69) is 11.9 Å². The summed E-state index contributed by atoms with van der Waals surface area (Å²) in [6.45, 7) is 2.31. The standard InChI is InChI=1S/C20H20N4O4/c1-3-14-4-6-15(7-5-14)11-22(2)19(25)12-23-13-21-18-9-8-16(24(27)28)10-17(18)20(23)26/h4-10,13H,3,11-12H2,1-2H3. The Morgan fingerprint density at radius 3 is 2.50 bits per heavy atom. The molecule has 2 aromatic carbocycles. The first kappa shape index (κ1) is 19.2. The molecule has 0 fully saturated rings. The van der Waals surface area contributed by atoms with Crippen molar-refractivity contribution < 1.29 is 9.72 Å². The van der Waals surface area contributed by atoms with Crippen molar-refractivity contribution in [1.82, 2.24) is 14.5 Å². The van der Waals surface area contributed by atoms with Crippen LogP contribution >= 0.6 is 0 Å².